The summed E-state index contributed by atoms with van der Waals surface area (Å²) in [7, 11) is 0. The molecule has 1 unspecified atom stereocenters. The molecule has 3 N–H and O–H groups in total. The predicted octanol–water partition coefficient (Wildman–Crippen LogP) is 1.58. The number of nitrogens with two attached hydrogens (primary N) is 1. The number of nitrogens with zero attached hydrogens (tertiary/aromatic N) is 1. The Morgan fingerprint density at radius 3 is 2.84 bits per heavy atom. The minimum Gasteiger partial charge on any atom is -0.396 e. The van der Waals surface area contributed by atoms with E-state index in [2.05, 4.69) is 5.32 Å². The first-order chi connectivity index (χ1) is 9.09. The van der Waals surface area contributed by atoms with Gasteiger partial charge in [0.1, 0.15) is 6.04 Å². The second-order valence-corrected chi connectivity index (χ2v) is 4.91. The minimum absolute atomic E-state index is 0.0441. The first-order valence-corrected chi connectivity index (χ1v) is 6.64. The number of carbonyl (C=O) groups is 1. The Morgan fingerprint density at radius 2 is 2.16 bits per heavy atom. The highest BCUT2D eigenvalue weighted by molar-refractivity contribution is 6.33. The fraction of sp³-hybridized carbons (Fsp3) is 0.462. The maximum Gasteiger partial charge on any atom is 0.244 e. The van der Waals surface area contributed by atoms with Crippen LogP contribution in [0.2, 0.25) is 5.02 Å². The normalized spacial score (nSPS) is 17.1. The summed E-state index contributed by atoms with van der Waals surface area (Å²) in [4.78, 5) is 14.0. The first-order valence-electron chi connectivity index (χ1n) is 6.26. The van der Waals surface area contributed by atoms with Crippen LogP contribution < -0.4 is 11.1 Å². The van der Waals surface area contributed by atoms with E-state index in [-0.39, 0.29) is 11.9 Å². The van der Waals surface area contributed by atoms with Crippen molar-refractivity contribution in [2.24, 2.45) is 0 Å². The molecule has 2 rings (SSSR count). The summed E-state index contributed by atoms with van der Waals surface area (Å²) in [5.41, 5.74) is 7.02. The van der Waals surface area contributed by atoms with Crippen molar-refractivity contribution < 1.29 is 9.53 Å². The molecule has 1 saturated heterocycles. The number of anilines is 2. The number of para-hydroxylation sites is 1. The Bertz CT molecular complexity index is 461. The predicted molar refractivity (Wildman–Crippen MR) is 76.3 cm³/mol. The zero-order chi connectivity index (χ0) is 13.8. The molecule has 1 aliphatic heterocycles. The summed E-state index contributed by atoms with van der Waals surface area (Å²) in [6.07, 6.45) is 0. The average Bonchev–Trinajstić information content (AvgIpc) is 2.44. The molecule has 0 radical (unpaired) electrons. The molecule has 1 aliphatic rings. The van der Waals surface area contributed by atoms with Gasteiger partial charge in [0, 0.05) is 13.1 Å². The molecular formula is C13H18ClN3O2. The highest BCUT2D eigenvalue weighted by Crippen LogP contribution is 2.27. The number of hydrogen-bond acceptors (Lipinski definition) is 4. The van der Waals surface area contributed by atoms with Gasteiger partial charge in [0.15, 0.2) is 0 Å². The molecule has 1 fully saturated rings. The van der Waals surface area contributed by atoms with Gasteiger partial charge in [-0.05, 0) is 19.1 Å². The van der Waals surface area contributed by atoms with Crippen molar-refractivity contribution in [1.82, 2.24) is 4.90 Å². The number of hydrogen-bond donors (Lipinski definition) is 2. The first kappa shape index (κ1) is 14.0. The van der Waals surface area contributed by atoms with Gasteiger partial charge in [-0.3, -0.25) is 4.79 Å². The van der Waals surface area contributed by atoms with E-state index in [4.69, 9.17) is 22.1 Å². The van der Waals surface area contributed by atoms with Gasteiger partial charge >= 0.3 is 0 Å². The number of rotatable bonds is 3. The van der Waals surface area contributed by atoms with E-state index in [9.17, 15) is 4.79 Å². The molecule has 19 heavy (non-hydrogen) atoms. The van der Waals surface area contributed by atoms with E-state index >= 15 is 0 Å². The number of nitrogen functional groups attached to an aromatic ring is 1. The highest BCUT2D eigenvalue weighted by atomic mass is 35.5. The van der Waals surface area contributed by atoms with Crippen LogP contribution >= 0.6 is 11.6 Å². The fourth-order valence-electron chi connectivity index (χ4n) is 2.02. The maximum atomic E-state index is 12.2. The van der Waals surface area contributed by atoms with Crippen molar-refractivity contribution in [3.63, 3.8) is 0 Å². The zero-order valence-corrected chi connectivity index (χ0v) is 11.6. The highest BCUT2D eigenvalue weighted by Gasteiger charge is 2.22. The largest absolute Gasteiger partial charge is 0.396 e. The number of carbonyl (C=O) groups excluding carboxylic acids is 1. The Kier molecular flexibility index (Phi) is 4.50. The molecule has 0 aliphatic carbocycles. The molecule has 6 heteroatoms. The monoisotopic (exact) mass is 283 g/mol. The van der Waals surface area contributed by atoms with E-state index in [0.29, 0.717) is 42.7 Å². The fourth-order valence-corrected chi connectivity index (χ4v) is 2.19. The standard InChI is InChI=1S/C13H18ClN3O2/c1-9(13(18)17-5-7-19-8-6-17)16-11-4-2-3-10(14)12(11)15/h2-4,9,16H,5-8,15H2,1H3. The van der Waals surface area contributed by atoms with Crippen molar-refractivity contribution in [2.75, 3.05) is 37.4 Å². The van der Waals surface area contributed by atoms with E-state index in [0.717, 1.165) is 0 Å². The van der Waals surface area contributed by atoms with Crippen LogP contribution in [-0.2, 0) is 9.53 Å². The quantitative estimate of drug-likeness (QED) is 0.827. The number of benzene rings is 1. The molecule has 1 aromatic carbocycles. The summed E-state index contributed by atoms with van der Waals surface area (Å²) in [5, 5.41) is 3.59. The third-order valence-electron chi connectivity index (χ3n) is 3.12. The van der Waals surface area contributed by atoms with Gasteiger partial charge in [-0.25, -0.2) is 0 Å². The van der Waals surface area contributed by atoms with Crippen molar-refractivity contribution in [3.8, 4) is 0 Å². The van der Waals surface area contributed by atoms with E-state index < -0.39 is 0 Å². The molecule has 1 atom stereocenters. The van der Waals surface area contributed by atoms with Gasteiger partial charge in [-0.2, -0.15) is 0 Å². The van der Waals surface area contributed by atoms with Crippen molar-refractivity contribution in [1.29, 1.82) is 0 Å². The zero-order valence-electron chi connectivity index (χ0n) is 10.9. The summed E-state index contributed by atoms with van der Waals surface area (Å²) < 4.78 is 5.23. The maximum absolute atomic E-state index is 12.2. The molecule has 0 spiro atoms. The van der Waals surface area contributed by atoms with Crippen molar-refractivity contribution >= 4 is 28.9 Å². The molecule has 0 bridgehead atoms. The second kappa shape index (κ2) is 6.12. The van der Waals surface area contributed by atoms with Gasteiger partial charge < -0.3 is 20.7 Å². The van der Waals surface area contributed by atoms with Crippen LogP contribution in [0.3, 0.4) is 0 Å². The summed E-state index contributed by atoms with van der Waals surface area (Å²) in [6.45, 7) is 4.28. The lowest BCUT2D eigenvalue weighted by Gasteiger charge is -2.30. The lowest BCUT2D eigenvalue weighted by Crippen LogP contribution is -2.47. The number of nitrogens with one attached hydrogen (secondary N) is 1. The summed E-state index contributed by atoms with van der Waals surface area (Å²) in [5.74, 6) is 0.0441. The van der Waals surface area contributed by atoms with Crippen LogP contribution in [0.4, 0.5) is 11.4 Å². The van der Waals surface area contributed by atoms with Crippen LogP contribution in [0, 0.1) is 0 Å². The topological polar surface area (TPSA) is 67.6 Å². The van der Waals surface area contributed by atoms with Crippen LogP contribution in [0.15, 0.2) is 18.2 Å². The van der Waals surface area contributed by atoms with E-state index in [1.807, 2.05) is 13.0 Å². The van der Waals surface area contributed by atoms with Gasteiger partial charge in [0.2, 0.25) is 5.91 Å². The second-order valence-electron chi connectivity index (χ2n) is 4.50. The lowest BCUT2D eigenvalue weighted by molar-refractivity contribution is -0.135. The van der Waals surface area contributed by atoms with Crippen molar-refractivity contribution in [2.45, 2.75) is 13.0 Å². The molecule has 5 nitrogen and oxygen atoms in total. The Labute approximate surface area is 117 Å². The Hall–Kier alpha value is -1.46. The van der Waals surface area contributed by atoms with Crippen LogP contribution in [0.5, 0.6) is 0 Å². The smallest absolute Gasteiger partial charge is 0.244 e. The Balaban J connectivity index is 2.01. The van der Waals surface area contributed by atoms with Gasteiger partial charge in [-0.15, -0.1) is 0 Å². The molecule has 0 saturated carbocycles. The number of morpholine rings is 1. The summed E-state index contributed by atoms with van der Waals surface area (Å²) in [6, 6.07) is 4.98. The molecule has 104 valence electrons. The number of amides is 1. The van der Waals surface area contributed by atoms with Crippen LogP contribution in [-0.4, -0.2) is 43.2 Å². The van der Waals surface area contributed by atoms with Gasteiger partial charge in [0.05, 0.1) is 29.6 Å². The molecular weight excluding hydrogens is 266 g/mol. The SMILES string of the molecule is CC(Nc1cccc(Cl)c1N)C(=O)N1CCOCC1. The number of halogens is 1. The molecule has 1 heterocycles. The minimum atomic E-state index is -0.348. The van der Waals surface area contributed by atoms with E-state index in [1.165, 1.54) is 0 Å². The average molecular weight is 284 g/mol. The van der Waals surface area contributed by atoms with Gasteiger partial charge in [0.25, 0.3) is 0 Å². The lowest BCUT2D eigenvalue weighted by atomic mass is 10.2. The van der Waals surface area contributed by atoms with E-state index in [1.54, 1.807) is 17.0 Å². The van der Waals surface area contributed by atoms with Gasteiger partial charge in [-0.1, -0.05) is 17.7 Å². The third kappa shape index (κ3) is 3.30. The molecule has 1 amide bonds. The van der Waals surface area contributed by atoms with Crippen LogP contribution in [0.1, 0.15) is 6.92 Å². The summed E-state index contributed by atoms with van der Waals surface area (Å²) >= 11 is 5.95. The number of ether oxygens (including phenoxy) is 1. The van der Waals surface area contributed by atoms with Crippen molar-refractivity contribution in [3.05, 3.63) is 23.2 Å². The Morgan fingerprint density at radius 1 is 1.47 bits per heavy atom. The van der Waals surface area contributed by atoms with Crippen LogP contribution in [0.25, 0.3) is 0 Å². The molecule has 0 aromatic heterocycles. The molecule has 1 aromatic rings. The third-order valence-corrected chi connectivity index (χ3v) is 3.45.